The van der Waals surface area contributed by atoms with Gasteiger partial charge in [-0.05, 0) is 48.9 Å². The van der Waals surface area contributed by atoms with Gasteiger partial charge in [-0.25, -0.2) is 0 Å². The Morgan fingerprint density at radius 3 is 2.28 bits per heavy atom. The molecule has 0 saturated heterocycles. The van der Waals surface area contributed by atoms with Crippen LogP contribution >= 0.6 is 11.3 Å². The smallest absolute Gasteiger partial charge is 0.325 e. The minimum absolute atomic E-state index is 0.0629. The number of benzene rings is 2. The molecule has 1 heterocycles. The molecule has 0 spiro atoms. The van der Waals surface area contributed by atoms with E-state index in [2.05, 4.69) is 10.6 Å². The van der Waals surface area contributed by atoms with Crippen LogP contribution in [0.25, 0.3) is 0 Å². The minimum Gasteiger partial charge on any atom is -0.460 e. The number of carbonyl (C=O) groups is 3. The van der Waals surface area contributed by atoms with Crippen molar-refractivity contribution in [3.63, 3.8) is 0 Å². The average Bonchev–Trinajstić information content (AvgIpc) is 3.18. The number of hydrogen-bond acceptors (Lipinski definition) is 5. The predicted octanol–water partition coefficient (Wildman–Crippen LogP) is 3.78. The van der Waals surface area contributed by atoms with Crippen molar-refractivity contribution >= 4 is 34.8 Å². The molecule has 7 heteroatoms. The Morgan fingerprint density at radius 2 is 1.62 bits per heavy atom. The van der Waals surface area contributed by atoms with Crippen LogP contribution in [0.2, 0.25) is 0 Å². The quantitative estimate of drug-likeness (QED) is 0.583. The van der Waals surface area contributed by atoms with Crippen molar-refractivity contribution in [2.75, 3.05) is 11.9 Å². The summed E-state index contributed by atoms with van der Waals surface area (Å²) >= 11 is 1.36. The molecule has 29 heavy (non-hydrogen) atoms. The molecule has 6 nitrogen and oxygen atoms in total. The summed E-state index contributed by atoms with van der Waals surface area (Å²) in [6.07, 6.45) is 0. The molecule has 0 aliphatic rings. The molecule has 0 atom stereocenters. The maximum Gasteiger partial charge on any atom is 0.325 e. The molecule has 2 aromatic carbocycles. The van der Waals surface area contributed by atoms with E-state index in [9.17, 15) is 14.4 Å². The highest BCUT2D eigenvalue weighted by atomic mass is 32.1. The fraction of sp³-hybridized carbons (Fsp3) is 0.136. The van der Waals surface area contributed by atoms with Gasteiger partial charge >= 0.3 is 5.97 Å². The number of rotatable bonds is 7. The normalized spacial score (nSPS) is 10.2. The third-order valence-electron chi connectivity index (χ3n) is 4.01. The molecular weight excluding hydrogens is 388 g/mol. The number of hydrogen-bond donors (Lipinski definition) is 2. The number of aryl methyl sites for hydroxylation is 1. The van der Waals surface area contributed by atoms with Crippen LogP contribution in [0, 0.1) is 6.92 Å². The molecule has 0 aliphatic carbocycles. The molecule has 0 saturated carbocycles. The summed E-state index contributed by atoms with van der Waals surface area (Å²) in [6, 6.07) is 19.5. The van der Waals surface area contributed by atoms with E-state index in [1.165, 1.54) is 11.3 Å². The average molecular weight is 408 g/mol. The number of para-hydroxylation sites is 1. The first-order valence-corrected chi connectivity index (χ1v) is 9.78. The van der Waals surface area contributed by atoms with Crippen LogP contribution in [0.15, 0.2) is 66.7 Å². The highest BCUT2D eigenvalue weighted by Gasteiger charge is 2.11. The van der Waals surface area contributed by atoms with E-state index in [4.69, 9.17) is 4.74 Å². The maximum absolute atomic E-state index is 12.2. The molecule has 0 radical (unpaired) electrons. The molecule has 0 aliphatic heterocycles. The molecule has 3 rings (SSSR count). The Balaban J connectivity index is 1.44. The van der Waals surface area contributed by atoms with Gasteiger partial charge in [0.15, 0.2) is 0 Å². The summed E-state index contributed by atoms with van der Waals surface area (Å²) in [5, 5.41) is 5.35. The topological polar surface area (TPSA) is 84.5 Å². The standard InChI is InChI=1S/C22H20N2O4S/c1-15-7-12-19(29-15)22(27)23-13-20(25)28-14-16-8-10-17(11-9-16)21(26)24-18-5-3-2-4-6-18/h2-12H,13-14H2,1H3,(H,23,27)(H,24,26). The lowest BCUT2D eigenvalue weighted by molar-refractivity contribution is -0.143. The summed E-state index contributed by atoms with van der Waals surface area (Å²) in [5.74, 6) is -1.04. The Bertz CT molecular complexity index is 997. The van der Waals surface area contributed by atoms with Crippen molar-refractivity contribution in [2.45, 2.75) is 13.5 Å². The zero-order chi connectivity index (χ0) is 20.6. The second-order valence-electron chi connectivity index (χ2n) is 6.27. The van der Waals surface area contributed by atoms with Crippen LogP contribution in [-0.4, -0.2) is 24.3 Å². The van der Waals surface area contributed by atoms with Gasteiger partial charge in [0.25, 0.3) is 11.8 Å². The minimum atomic E-state index is -0.530. The highest BCUT2D eigenvalue weighted by molar-refractivity contribution is 7.13. The van der Waals surface area contributed by atoms with Gasteiger partial charge in [-0.3, -0.25) is 14.4 Å². The first-order chi connectivity index (χ1) is 14.0. The molecule has 148 valence electrons. The molecule has 3 aromatic rings. The Hall–Kier alpha value is -3.45. The number of thiophene rings is 1. The summed E-state index contributed by atoms with van der Waals surface area (Å²) in [7, 11) is 0. The molecule has 0 fully saturated rings. The van der Waals surface area contributed by atoms with Crippen LogP contribution in [0.3, 0.4) is 0 Å². The fourth-order valence-corrected chi connectivity index (χ4v) is 3.27. The number of amides is 2. The van der Waals surface area contributed by atoms with Crippen LogP contribution in [-0.2, 0) is 16.1 Å². The van der Waals surface area contributed by atoms with E-state index in [-0.39, 0.29) is 25.0 Å². The van der Waals surface area contributed by atoms with Crippen molar-refractivity contribution in [1.82, 2.24) is 5.32 Å². The predicted molar refractivity (Wildman–Crippen MR) is 112 cm³/mol. The molecule has 2 N–H and O–H groups in total. The van der Waals surface area contributed by atoms with Crippen LogP contribution in [0.1, 0.15) is 30.5 Å². The fourth-order valence-electron chi connectivity index (χ4n) is 2.49. The van der Waals surface area contributed by atoms with Crippen molar-refractivity contribution in [2.24, 2.45) is 0 Å². The third kappa shape index (κ3) is 6.02. The first kappa shape index (κ1) is 20.3. The van der Waals surface area contributed by atoms with E-state index >= 15 is 0 Å². The van der Waals surface area contributed by atoms with Gasteiger partial charge < -0.3 is 15.4 Å². The van der Waals surface area contributed by atoms with Crippen molar-refractivity contribution in [3.8, 4) is 0 Å². The number of carbonyl (C=O) groups excluding carboxylic acids is 3. The van der Waals surface area contributed by atoms with E-state index in [0.29, 0.717) is 10.4 Å². The van der Waals surface area contributed by atoms with Crippen LogP contribution < -0.4 is 10.6 Å². The molecular formula is C22H20N2O4S. The molecule has 1 aromatic heterocycles. The van der Waals surface area contributed by atoms with Crippen molar-refractivity contribution < 1.29 is 19.1 Å². The van der Waals surface area contributed by atoms with Crippen LogP contribution in [0.4, 0.5) is 5.69 Å². The third-order valence-corrected chi connectivity index (χ3v) is 5.00. The zero-order valence-corrected chi connectivity index (χ0v) is 16.6. The van der Waals surface area contributed by atoms with Gasteiger partial charge in [-0.15, -0.1) is 11.3 Å². The van der Waals surface area contributed by atoms with E-state index in [1.54, 1.807) is 30.3 Å². The van der Waals surface area contributed by atoms with E-state index in [1.807, 2.05) is 43.3 Å². The lowest BCUT2D eigenvalue weighted by atomic mass is 10.1. The highest BCUT2D eigenvalue weighted by Crippen LogP contribution is 2.14. The number of ether oxygens (including phenoxy) is 1. The van der Waals surface area contributed by atoms with Gasteiger partial charge in [0.2, 0.25) is 0 Å². The second-order valence-corrected chi connectivity index (χ2v) is 7.56. The van der Waals surface area contributed by atoms with Crippen molar-refractivity contribution in [3.05, 3.63) is 87.6 Å². The lowest BCUT2D eigenvalue weighted by Gasteiger charge is -2.08. The largest absolute Gasteiger partial charge is 0.460 e. The number of nitrogens with one attached hydrogen (secondary N) is 2. The SMILES string of the molecule is Cc1ccc(C(=O)NCC(=O)OCc2ccc(C(=O)Nc3ccccc3)cc2)s1. The number of anilines is 1. The zero-order valence-electron chi connectivity index (χ0n) is 15.8. The number of esters is 1. The first-order valence-electron chi connectivity index (χ1n) is 8.97. The van der Waals surface area contributed by atoms with Gasteiger partial charge in [0.1, 0.15) is 13.2 Å². The molecule has 0 bridgehead atoms. The Labute approximate surface area is 172 Å². The summed E-state index contributed by atoms with van der Waals surface area (Å²) in [5.41, 5.74) is 1.97. The lowest BCUT2D eigenvalue weighted by Crippen LogP contribution is -2.30. The summed E-state index contributed by atoms with van der Waals surface area (Å²) < 4.78 is 5.16. The van der Waals surface area contributed by atoms with Gasteiger partial charge in [0, 0.05) is 16.1 Å². The van der Waals surface area contributed by atoms with Gasteiger partial charge in [-0.1, -0.05) is 30.3 Å². The van der Waals surface area contributed by atoms with Crippen molar-refractivity contribution in [1.29, 1.82) is 0 Å². The molecule has 0 unspecified atom stereocenters. The Kier molecular flexibility index (Phi) is 6.76. The Morgan fingerprint density at radius 1 is 0.897 bits per heavy atom. The van der Waals surface area contributed by atoms with Crippen LogP contribution in [0.5, 0.6) is 0 Å². The van der Waals surface area contributed by atoms with Gasteiger partial charge in [-0.2, -0.15) is 0 Å². The van der Waals surface area contributed by atoms with E-state index < -0.39 is 5.97 Å². The summed E-state index contributed by atoms with van der Waals surface area (Å²) in [6.45, 7) is 1.77. The second kappa shape index (κ2) is 9.66. The maximum atomic E-state index is 12.2. The molecule has 2 amide bonds. The van der Waals surface area contributed by atoms with Gasteiger partial charge in [0.05, 0.1) is 4.88 Å². The van der Waals surface area contributed by atoms with E-state index in [0.717, 1.165) is 16.1 Å². The monoisotopic (exact) mass is 408 g/mol. The summed E-state index contributed by atoms with van der Waals surface area (Å²) in [4.78, 5) is 37.6.